The Morgan fingerprint density at radius 3 is 2.37 bits per heavy atom. The number of nitrogens with two attached hydrogens (primary N) is 1. The molecule has 0 spiro atoms. The highest BCUT2D eigenvalue weighted by Crippen LogP contribution is 2.21. The molecule has 0 amide bonds. The van der Waals surface area contributed by atoms with Crippen LogP contribution in [-0.4, -0.2) is 15.0 Å². The lowest BCUT2D eigenvalue weighted by molar-refractivity contribution is 0.414. The van der Waals surface area contributed by atoms with Gasteiger partial charge in [0.15, 0.2) is 0 Å². The zero-order chi connectivity index (χ0) is 14.8. The number of nitrogen functional groups attached to an aromatic ring is 1. The molecule has 0 aromatic heterocycles. The molecule has 0 fully saturated rings. The van der Waals surface area contributed by atoms with Crippen molar-refractivity contribution in [2.75, 3.05) is 12.3 Å². The number of hydrogen-bond acceptors (Lipinski definition) is 3. The van der Waals surface area contributed by atoms with Crippen molar-refractivity contribution >= 4 is 15.7 Å². The second-order valence-electron chi connectivity index (χ2n) is 5.19. The molecule has 1 aromatic rings. The SMILES string of the molecule is Cc1c(N)cc(S(=O)(=O)NCC(C)C(C)C)cc1F. The lowest BCUT2D eigenvalue weighted by Gasteiger charge is -2.16. The molecule has 0 aliphatic carbocycles. The Morgan fingerprint density at radius 1 is 1.32 bits per heavy atom. The van der Waals surface area contributed by atoms with Gasteiger partial charge in [-0.25, -0.2) is 17.5 Å². The molecular formula is C13H21FN2O2S. The van der Waals surface area contributed by atoms with Crippen LogP contribution in [0.1, 0.15) is 26.3 Å². The fourth-order valence-electron chi connectivity index (χ4n) is 1.39. The molecule has 0 saturated heterocycles. The number of benzene rings is 1. The fraction of sp³-hybridized carbons (Fsp3) is 0.538. The Hall–Kier alpha value is -1.14. The van der Waals surface area contributed by atoms with Crippen LogP contribution in [0.25, 0.3) is 0 Å². The summed E-state index contributed by atoms with van der Waals surface area (Å²) < 4.78 is 40.1. The first-order valence-corrected chi connectivity index (χ1v) is 7.68. The van der Waals surface area contributed by atoms with Gasteiger partial charge in [0.1, 0.15) is 5.82 Å². The number of rotatable bonds is 5. The van der Waals surface area contributed by atoms with Crippen molar-refractivity contribution in [2.24, 2.45) is 11.8 Å². The standard InChI is InChI=1S/C13H21FN2O2S/c1-8(2)9(3)7-16-19(17,18)11-5-12(14)10(4)13(15)6-11/h5-6,8-9,16H,7,15H2,1-4H3. The Balaban J connectivity index is 2.95. The molecule has 0 saturated carbocycles. The lowest BCUT2D eigenvalue weighted by Crippen LogP contribution is -2.30. The highest BCUT2D eigenvalue weighted by molar-refractivity contribution is 7.89. The van der Waals surface area contributed by atoms with E-state index in [0.717, 1.165) is 6.07 Å². The smallest absolute Gasteiger partial charge is 0.240 e. The monoisotopic (exact) mass is 288 g/mol. The maximum Gasteiger partial charge on any atom is 0.240 e. The number of halogens is 1. The third-order valence-electron chi connectivity index (χ3n) is 3.40. The number of nitrogens with one attached hydrogen (secondary N) is 1. The zero-order valence-corrected chi connectivity index (χ0v) is 12.5. The number of sulfonamides is 1. The molecule has 0 bridgehead atoms. The summed E-state index contributed by atoms with van der Waals surface area (Å²) in [6, 6.07) is 2.27. The van der Waals surface area contributed by atoms with E-state index in [9.17, 15) is 12.8 Å². The lowest BCUT2D eigenvalue weighted by atomic mass is 9.99. The third-order valence-corrected chi connectivity index (χ3v) is 4.80. The normalized spacial score (nSPS) is 13.8. The van der Waals surface area contributed by atoms with Gasteiger partial charge >= 0.3 is 0 Å². The predicted molar refractivity (Wildman–Crippen MR) is 74.7 cm³/mol. The van der Waals surface area contributed by atoms with E-state index >= 15 is 0 Å². The first-order valence-electron chi connectivity index (χ1n) is 6.20. The van der Waals surface area contributed by atoms with Crippen molar-refractivity contribution in [3.8, 4) is 0 Å². The second kappa shape index (κ2) is 5.88. The van der Waals surface area contributed by atoms with E-state index in [4.69, 9.17) is 5.73 Å². The molecule has 0 aliphatic heterocycles. The van der Waals surface area contributed by atoms with Crippen LogP contribution in [0.3, 0.4) is 0 Å². The highest BCUT2D eigenvalue weighted by atomic mass is 32.2. The summed E-state index contributed by atoms with van der Waals surface area (Å²) in [6.07, 6.45) is 0. The molecule has 1 rings (SSSR count). The summed E-state index contributed by atoms with van der Waals surface area (Å²) in [4.78, 5) is -0.135. The van der Waals surface area contributed by atoms with Crippen LogP contribution >= 0.6 is 0 Å². The first kappa shape index (κ1) is 15.9. The minimum absolute atomic E-state index is 0.135. The summed E-state index contributed by atoms with van der Waals surface area (Å²) >= 11 is 0. The molecule has 1 unspecified atom stereocenters. The van der Waals surface area contributed by atoms with Crippen molar-refractivity contribution in [1.82, 2.24) is 4.72 Å². The van der Waals surface area contributed by atoms with Crippen molar-refractivity contribution in [3.05, 3.63) is 23.5 Å². The van der Waals surface area contributed by atoms with Crippen LogP contribution in [0.2, 0.25) is 0 Å². The largest absolute Gasteiger partial charge is 0.398 e. The quantitative estimate of drug-likeness (QED) is 0.817. The summed E-state index contributed by atoms with van der Waals surface area (Å²) in [7, 11) is -3.72. The van der Waals surface area contributed by atoms with E-state index in [1.807, 2.05) is 20.8 Å². The molecule has 6 heteroatoms. The topological polar surface area (TPSA) is 72.2 Å². The summed E-state index contributed by atoms with van der Waals surface area (Å²) in [5.74, 6) is -0.0535. The maximum atomic E-state index is 13.5. The van der Waals surface area contributed by atoms with E-state index in [1.54, 1.807) is 0 Å². The van der Waals surface area contributed by atoms with Gasteiger partial charge in [-0.2, -0.15) is 0 Å². The maximum absolute atomic E-state index is 13.5. The third kappa shape index (κ3) is 3.91. The van der Waals surface area contributed by atoms with Gasteiger partial charge in [-0.05, 0) is 30.9 Å². The molecule has 0 heterocycles. The van der Waals surface area contributed by atoms with Crippen molar-refractivity contribution in [2.45, 2.75) is 32.6 Å². The zero-order valence-electron chi connectivity index (χ0n) is 11.7. The Morgan fingerprint density at radius 2 is 1.89 bits per heavy atom. The van der Waals surface area contributed by atoms with Crippen LogP contribution in [0.4, 0.5) is 10.1 Å². The number of anilines is 1. The van der Waals surface area contributed by atoms with Gasteiger partial charge in [-0.1, -0.05) is 20.8 Å². The average Bonchev–Trinajstić information content (AvgIpc) is 2.32. The van der Waals surface area contributed by atoms with Crippen LogP contribution in [0.15, 0.2) is 17.0 Å². The van der Waals surface area contributed by atoms with Crippen molar-refractivity contribution in [1.29, 1.82) is 0 Å². The number of hydrogen-bond donors (Lipinski definition) is 2. The molecule has 0 radical (unpaired) electrons. The molecule has 19 heavy (non-hydrogen) atoms. The van der Waals surface area contributed by atoms with E-state index < -0.39 is 15.8 Å². The van der Waals surface area contributed by atoms with Crippen LogP contribution in [-0.2, 0) is 10.0 Å². The van der Waals surface area contributed by atoms with Gasteiger partial charge in [0.05, 0.1) is 4.90 Å². The van der Waals surface area contributed by atoms with E-state index in [-0.39, 0.29) is 22.1 Å². The minimum atomic E-state index is -3.72. The Kier molecular flexibility index (Phi) is 4.92. The summed E-state index contributed by atoms with van der Waals surface area (Å²) in [6.45, 7) is 7.81. The molecule has 1 atom stereocenters. The second-order valence-corrected chi connectivity index (χ2v) is 6.96. The fourth-order valence-corrected chi connectivity index (χ4v) is 2.58. The molecule has 1 aromatic carbocycles. The highest BCUT2D eigenvalue weighted by Gasteiger charge is 2.19. The predicted octanol–water partition coefficient (Wildman–Crippen LogP) is 2.29. The molecule has 0 aliphatic rings. The van der Waals surface area contributed by atoms with Crippen LogP contribution in [0.5, 0.6) is 0 Å². The average molecular weight is 288 g/mol. The van der Waals surface area contributed by atoms with E-state index in [2.05, 4.69) is 4.72 Å². The first-order chi connectivity index (χ1) is 8.65. The van der Waals surface area contributed by atoms with Gasteiger partial charge in [0.2, 0.25) is 10.0 Å². The molecule has 4 nitrogen and oxygen atoms in total. The summed E-state index contributed by atoms with van der Waals surface area (Å²) in [5.41, 5.74) is 5.99. The summed E-state index contributed by atoms with van der Waals surface area (Å²) in [5, 5.41) is 0. The van der Waals surface area contributed by atoms with Crippen LogP contribution in [0, 0.1) is 24.6 Å². The molecule has 3 N–H and O–H groups in total. The minimum Gasteiger partial charge on any atom is -0.398 e. The van der Waals surface area contributed by atoms with E-state index in [1.165, 1.54) is 13.0 Å². The molecular weight excluding hydrogens is 267 g/mol. The van der Waals surface area contributed by atoms with Crippen LogP contribution < -0.4 is 10.5 Å². The molecule has 108 valence electrons. The van der Waals surface area contributed by atoms with Gasteiger partial charge in [0, 0.05) is 17.8 Å². The van der Waals surface area contributed by atoms with E-state index in [0.29, 0.717) is 12.5 Å². The Bertz CT molecular complexity index is 533. The van der Waals surface area contributed by atoms with Gasteiger partial charge in [-0.15, -0.1) is 0 Å². The van der Waals surface area contributed by atoms with Gasteiger partial charge < -0.3 is 5.73 Å². The van der Waals surface area contributed by atoms with Crippen molar-refractivity contribution < 1.29 is 12.8 Å². The van der Waals surface area contributed by atoms with Gasteiger partial charge in [-0.3, -0.25) is 0 Å². The van der Waals surface area contributed by atoms with Gasteiger partial charge in [0.25, 0.3) is 0 Å². The Labute approximate surface area is 114 Å². The van der Waals surface area contributed by atoms with Crippen molar-refractivity contribution in [3.63, 3.8) is 0 Å².